The van der Waals surface area contributed by atoms with E-state index in [-0.39, 0.29) is 18.9 Å². The first-order chi connectivity index (χ1) is 12.6. The Hall–Kier alpha value is -2.51. The van der Waals surface area contributed by atoms with Crippen LogP contribution in [0, 0.1) is 13.8 Å². The number of fused-ring (bicyclic) bond motifs is 1. The van der Waals surface area contributed by atoms with E-state index in [2.05, 4.69) is 15.1 Å². The third-order valence-electron chi connectivity index (χ3n) is 4.88. The number of aryl methyl sites for hydroxylation is 2. The Morgan fingerprint density at radius 2 is 1.81 bits per heavy atom. The van der Waals surface area contributed by atoms with Gasteiger partial charge in [0.25, 0.3) is 11.7 Å². The van der Waals surface area contributed by atoms with Crippen LogP contribution in [-0.4, -0.2) is 56.1 Å². The van der Waals surface area contributed by atoms with Gasteiger partial charge in [0.2, 0.25) is 0 Å². The predicted molar refractivity (Wildman–Crippen MR) is 94.6 cm³/mol. The van der Waals surface area contributed by atoms with Crippen LogP contribution in [0.4, 0.5) is 0 Å². The van der Waals surface area contributed by atoms with E-state index in [0.717, 1.165) is 55.7 Å². The van der Waals surface area contributed by atoms with Gasteiger partial charge in [-0.15, -0.1) is 0 Å². The van der Waals surface area contributed by atoms with Crippen molar-refractivity contribution in [3.8, 4) is 0 Å². The van der Waals surface area contributed by atoms with E-state index in [1.54, 1.807) is 4.52 Å². The van der Waals surface area contributed by atoms with Gasteiger partial charge in [-0.25, -0.2) is 9.50 Å². The minimum Gasteiger partial charge on any atom is -0.455 e. The van der Waals surface area contributed by atoms with Crippen LogP contribution in [0.5, 0.6) is 0 Å². The van der Waals surface area contributed by atoms with Gasteiger partial charge in [-0.05, 0) is 26.7 Å². The number of aromatic nitrogens is 4. The lowest BCUT2D eigenvalue weighted by Crippen LogP contribution is -2.37. The molecule has 3 rings (SSSR count). The maximum absolute atomic E-state index is 12.3. The van der Waals surface area contributed by atoms with Crippen molar-refractivity contribution in [1.29, 1.82) is 0 Å². The summed E-state index contributed by atoms with van der Waals surface area (Å²) >= 11 is 0. The molecule has 0 atom stereocenters. The molecule has 2 aromatic heterocycles. The van der Waals surface area contributed by atoms with Crippen LogP contribution in [0.2, 0.25) is 0 Å². The smallest absolute Gasteiger partial charge is 0.310 e. The summed E-state index contributed by atoms with van der Waals surface area (Å²) in [5, 5.41) is 4.11. The van der Waals surface area contributed by atoms with Crippen LogP contribution < -0.4 is 0 Å². The van der Waals surface area contributed by atoms with Crippen molar-refractivity contribution < 1.29 is 14.3 Å². The normalized spacial score (nSPS) is 15.5. The second-order valence-electron chi connectivity index (χ2n) is 6.72. The molecule has 1 saturated heterocycles. The lowest BCUT2D eigenvalue weighted by atomic mass is 10.1. The highest BCUT2D eigenvalue weighted by Gasteiger charge is 2.19. The molecule has 0 N–H and O–H groups in total. The van der Waals surface area contributed by atoms with E-state index in [1.807, 2.05) is 18.7 Å². The van der Waals surface area contributed by atoms with Crippen molar-refractivity contribution in [3.63, 3.8) is 0 Å². The number of ether oxygens (including phenoxy) is 1. The second-order valence-corrected chi connectivity index (χ2v) is 6.72. The van der Waals surface area contributed by atoms with Gasteiger partial charge in [0.1, 0.15) is 6.33 Å². The van der Waals surface area contributed by atoms with E-state index in [9.17, 15) is 9.59 Å². The summed E-state index contributed by atoms with van der Waals surface area (Å²) in [6.07, 6.45) is 7.07. The monoisotopic (exact) mass is 359 g/mol. The fraction of sp³-hybridized carbons (Fsp3) is 0.611. The SMILES string of the molecule is Cc1nc2ncnn2c(C)c1CC(=O)OCC(=O)N1CCCCCCC1. The summed E-state index contributed by atoms with van der Waals surface area (Å²) in [5.74, 6) is -0.0409. The average molecular weight is 359 g/mol. The predicted octanol–water partition coefficient (Wildman–Crippen LogP) is 1.62. The van der Waals surface area contributed by atoms with Gasteiger partial charge in [0.15, 0.2) is 6.61 Å². The lowest BCUT2D eigenvalue weighted by Gasteiger charge is -2.24. The molecule has 2 aromatic rings. The van der Waals surface area contributed by atoms with Gasteiger partial charge in [-0.2, -0.15) is 10.1 Å². The Labute approximate surface area is 152 Å². The van der Waals surface area contributed by atoms with Crippen molar-refractivity contribution in [2.24, 2.45) is 0 Å². The zero-order valence-corrected chi connectivity index (χ0v) is 15.4. The molecule has 8 heteroatoms. The molecule has 26 heavy (non-hydrogen) atoms. The van der Waals surface area contributed by atoms with E-state index >= 15 is 0 Å². The van der Waals surface area contributed by atoms with Crippen LogP contribution in [0.25, 0.3) is 5.78 Å². The van der Waals surface area contributed by atoms with Crippen LogP contribution in [0.1, 0.15) is 49.1 Å². The Kier molecular flexibility index (Phi) is 5.80. The van der Waals surface area contributed by atoms with Crippen LogP contribution >= 0.6 is 0 Å². The standard InChI is InChI=1S/C18H25N5O3/c1-13-15(14(2)23-18(21-13)19-12-20-23)10-17(25)26-11-16(24)22-8-6-4-3-5-7-9-22/h12H,3-11H2,1-2H3. The van der Waals surface area contributed by atoms with Gasteiger partial charge in [-0.3, -0.25) is 9.59 Å². The zero-order valence-electron chi connectivity index (χ0n) is 15.4. The number of esters is 1. The number of likely N-dealkylation sites (tertiary alicyclic amines) is 1. The Bertz CT molecular complexity index is 793. The maximum Gasteiger partial charge on any atom is 0.310 e. The van der Waals surface area contributed by atoms with E-state index in [1.165, 1.54) is 12.7 Å². The number of rotatable bonds is 4. The summed E-state index contributed by atoms with van der Waals surface area (Å²) in [6.45, 7) is 5.00. The summed E-state index contributed by atoms with van der Waals surface area (Å²) < 4.78 is 6.83. The molecule has 0 spiro atoms. The maximum atomic E-state index is 12.3. The molecule has 1 aliphatic heterocycles. The van der Waals surface area contributed by atoms with Crippen molar-refractivity contribution in [2.45, 2.75) is 52.4 Å². The molecule has 3 heterocycles. The highest BCUT2D eigenvalue weighted by molar-refractivity contribution is 5.81. The summed E-state index contributed by atoms with van der Waals surface area (Å²) in [6, 6.07) is 0. The number of hydrogen-bond acceptors (Lipinski definition) is 6. The molecule has 1 fully saturated rings. The summed E-state index contributed by atoms with van der Waals surface area (Å²) in [5.41, 5.74) is 2.28. The Morgan fingerprint density at radius 3 is 2.54 bits per heavy atom. The van der Waals surface area contributed by atoms with Gasteiger partial charge in [0.05, 0.1) is 6.42 Å². The summed E-state index contributed by atoms with van der Waals surface area (Å²) in [4.78, 5) is 34.8. The molecule has 0 radical (unpaired) electrons. The fourth-order valence-electron chi connectivity index (χ4n) is 3.34. The first-order valence-electron chi connectivity index (χ1n) is 9.15. The molecule has 0 aliphatic carbocycles. The van der Waals surface area contributed by atoms with Gasteiger partial charge < -0.3 is 9.64 Å². The van der Waals surface area contributed by atoms with Gasteiger partial charge in [0, 0.05) is 30.0 Å². The highest BCUT2D eigenvalue weighted by Crippen LogP contribution is 2.14. The zero-order chi connectivity index (χ0) is 18.5. The summed E-state index contributed by atoms with van der Waals surface area (Å²) in [7, 11) is 0. The number of nitrogens with zero attached hydrogens (tertiary/aromatic N) is 5. The third kappa shape index (κ3) is 4.17. The minimum atomic E-state index is -0.433. The molecule has 1 amide bonds. The Balaban J connectivity index is 1.58. The lowest BCUT2D eigenvalue weighted by molar-refractivity contribution is -0.151. The molecule has 8 nitrogen and oxygen atoms in total. The van der Waals surface area contributed by atoms with Gasteiger partial charge in [-0.1, -0.05) is 19.3 Å². The molecular weight excluding hydrogens is 334 g/mol. The third-order valence-corrected chi connectivity index (χ3v) is 4.88. The van der Waals surface area contributed by atoms with Crippen molar-refractivity contribution in [2.75, 3.05) is 19.7 Å². The quantitative estimate of drug-likeness (QED) is 0.771. The molecule has 1 aliphatic rings. The highest BCUT2D eigenvalue weighted by atomic mass is 16.5. The van der Waals surface area contributed by atoms with E-state index < -0.39 is 5.97 Å². The molecule has 0 unspecified atom stereocenters. The van der Waals surface area contributed by atoms with Crippen molar-refractivity contribution in [3.05, 3.63) is 23.3 Å². The number of hydrogen-bond donors (Lipinski definition) is 0. The van der Waals surface area contributed by atoms with Crippen LogP contribution in [0.15, 0.2) is 6.33 Å². The first kappa shape index (κ1) is 18.3. The molecule has 0 aromatic carbocycles. The fourth-order valence-corrected chi connectivity index (χ4v) is 3.34. The molecular formula is C18H25N5O3. The van der Waals surface area contributed by atoms with Crippen LogP contribution in [-0.2, 0) is 20.7 Å². The second kappa shape index (κ2) is 8.25. The number of carbonyl (C=O) groups excluding carboxylic acids is 2. The van der Waals surface area contributed by atoms with E-state index in [0.29, 0.717) is 5.78 Å². The van der Waals surface area contributed by atoms with Crippen molar-refractivity contribution >= 4 is 17.7 Å². The van der Waals surface area contributed by atoms with E-state index in [4.69, 9.17) is 4.74 Å². The number of amides is 1. The van der Waals surface area contributed by atoms with Gasteiger partial charge >= 0.3 is 5.97 Å². The van der Waals surface area contributed by atoms with Crippen LogP contribution in [0.3, 0.4) is 0 Å². The molecule has 140 valence electrons. The largest absolute Gasteiger partial charge is 0.455 e. The average Bonchev–Trinajstić information content (AvgIpc) is 3.04. The number of carbonyl (C=O) groups is 2. The molecule has 0 saturated carbocycles. The minimum absolute atomic E-state index is 0.0632. The first-order valence-corrected chi connectivity index (χ1v) is 9.15. The topological polar surface area (TPSA) is 89.7 Å². The molecule has 0 bridgehead atoms. The van der Waals surface area contributed by atoms with Crippen molar-refractivity contribution in [1.82, 2.24) is 24.5 Å². The Morgan fingerprint density at radius 1 is 1.12 bits per heavy atom.